The first kappa shape index (κ1) is 22.7. The van der Waals surface area contributed by atoms with Gasteiger partial charge in [0.1, 0.15) is 5.69 Å². The zero-order chi connectivity index (χ0) is 23.0. The Bertz CT molecular complexity index is 1170. The normalized spacial score (nSPS) is 18.4. The van der Waals surface area contributed by atoms with Gasteiger partial charge in [-0.1, -0.05) is 13.0 Å². The number of aromatic nitrogens is 2. The molecule has 2 N–H and O–H groups in total. The number of thiophene rings is 1. The molecule has 174 valence electrons. The van der Waals surface area contributed by atoms with E-state index >= 15 is 0 Å². The van der Waals surface area contributed by atoms with Crippen LogP contribution < -0.4 is 10.6 Å². The molecule has 1 aliphatic heterocycles. The average molecular weight is 529 g/mol. The molecule has 8 heteroatoms. The summed E-state index contributed by atoms with van der Waals surface area (Å²) in [5.41, 5.74) is 1.96. The largest absolute Gasteiger partial charge is 0.354 e. The number of rotatable bonds is 7. The van der Waals surface area contributed by atoms with E-state index in [0.29, 0.717) is 17.4 Å². The van der Waals surface area contributed by atoms with Gasteiger partial charge < -0.3 is 15.5 Å². The van der Waals surface area contributed by atoms with Crippen molar-refractivity contribution in [2.75, 3.05) is 32.0 Å². The molecule has 3 heterocycles. The number of benzene rings is 1. The first-order valence-corrected chi connectivity index (χ1v) is 13.3. The Morgan fingerprint density at radius 1 is 1.30 bits per heavy atom. The standard InChI is InChI=1S/C25H30BrN5OS/c1-25(9-12-31(2)13-10-25)8-11-27-24-28-15-19(26)22(30-24)21-14-18-17(4-3-5-20(18)33-21)23(32)29-16-6-7-16/h3-5,14-16H,6-13H2,1-2H3,(H,29,32)(H,27,28,30). The lowest BCUT2D eigenvalue weighted by Gasteiger charge is -2.38. The van der Waals surface area contributed by atoms with Crippen LogP contribution in [0.25, 0.3) is 20.7 Å². The summed E-state index contributed by atoms with van der Waals surface area (Å²) in [6.45, 7) is 5.59. The average Bonchev–Trinajstić information content (AvgIpc) is 3.51. The molecule has 3 aromatic rings. The number of anilines is 1. The zero-order valence-corrected chi connectivity index (χ0v) is 21.6. The van der Waals surface area contributed by atoms with Crippen molar-refractivity contribution in [1.82, 2.24) is 20.2 Å². The van der Waals surface area contributed by atoms with E-state index in [9.17, 15) is 4.79 Å². The molecule has 0 atom stereocenters. The number of carbonyl (C=O) groups is 1. The quantitative estimate of drug-likeness (QED) is 0.421. The predicted molar refractivity (Wildman–Crippen MR) is 139 cm³/mol. The van der Waals surface area contributed by atoms with Crippen LogP contribution in [0.2, 0.25) is 0 Å². The van der Waals surface area contributed by atoms with E-state index in [0.717, 1.165) is 56.5 Å². The van der Waals surface area contributed by atoms with Gasteiger partial charge in [-0.05, 0) is 91.8 Å². The number of hydrogen-bond acceptors (Lipinski definition) is 6. The first-order chi connectivity index (χ1) is 15.9. The molecule has 1 saturated carbocycles. The first-order valence-electron chi connectivity index (χ1n) is 11.7. The smallest absolute Gasteiger partial charge is 0.252 e. The molecular formula is C25H30BrN5OS. The van der Waals surface area contributed by atoms with Gasteiger partial charge in [0, 0.05) is 34.4 Å². The fourth-order valence-electron chi connectivity index (χ4n) is 4.38. The summed E-state index contributed by atoms with van der Waals surface area (Å²) in [6.07, 6.45) is 7.55. The van der Waals surface area contributed by atoms with E-state index in [1.165, 1.54) is 25.9 Å². The molecule has 0 radical (unpaired) electrons. The minimum atomic E-state index is 0.0129. The van der Waals surface area contributed by atoms with E-state index in [1.807, 2.05) is 18.3 Å². The number of piperidine rings is 1. The third-order valence-corrected chi connectivity index (χ3v) is 8.59. The van der Waals surface area contributed by atoms with Crippen molar-refractivity contribution in [2.45, 2.75) is 45.1 Å². The molecule has 0 unspecified atom stereocenters. The fraction of sp³-hybridized carbons (Fsp3) is 0.480. The molecule has 2 aromatic heterocycles. The number of halogens is 1. The number of hydrogen-bond donors (Lipinski definition) is 2. The molecule has 2 aliphatic rings. The predicted octanol–water partition coefficient (Wildman–Crippen LogP) is 5.55. The summed E-state index contributed by atoms with van der Waals surface area (Å²) < 4.78 is 1.94. The lowest BCUT2D eigenvalue weighted by molar-refractivity contribution is 0.0952. The molecule has 33 heavy (non-hydrogen) atoms. The minimum absolute atomic E-state index is 0.0129. The summed E-state index contributed by atoms with van der Waals surface area (Å²) in [6, 6.07) is 8.34. The molecule has 0 spiro atoms. The van der Waals surface area contributed by atoms with E-state index in [-0.39, 0.29) is 5.91 Å². The van der Waals surface area contributed by atoms with Crippen LogP contribution in [0.5, 0.6) is 0 Å². The van der Waals surface area contributed by atoms with Crippen molar-refractivity contribution in [3.05, 3.63) is 40.5 Å². The molecule has 5 rings (SSSR count). The number of nitrogens with zero attached hydrogens (tertiary/aromatic N) is 3. The van der Waals surface area contributed by atoms with Crippen molar-refractivity contribution in [2.24, 2.45) is 5.41 Å². The molecule has 2 fully saturated rings. The summed E-state index contributed by atoms with van der Waals surface area (Å²) >= 11 is 5.28. The Balaban J connectivity index is 1.33. The van der Waals surface area contributed by atoms with Crippen LogP contribution in [0.4, 0.5) is 5.95 Å². The maximum atomic E-state index is 12.7. The van der Waals surface area contributed by atoms with Crippen molar-refractivity contribution < 1.29 is 4.79 Å². The van der Waals surface area contributed by atoms with Gasteiger partial charge >= 0.3 is 0 Å². The highest BCUT2D eigenvalue weighted by molar-refractivity contribution is 9.10. The lowest BCUT2D eigenvalue weighted by Crippen LogP contribution is -2.37. The maximum absolute atomic E-state index is 12.7. The molecule has 0 bridgehead atoms. The lowest BCUT2D eigenvalue weighted by atomic mass is 9.78. The molecule has 6 nitrogen and oxygen atoms in total. The molecular weight excluding hydrogens is 498 g/mol. The second kappa shape index (κ2) is 9.31. The van der Waals surface area contributed by atoms with Crippen LogP contribution in [-0.2, 0) is 0 Å². The number of amides is 1. The van der Waals surface area contributed by atoms with Crippen LogP contribution in [-0.4, -0.2) is 53.5 Å². The van der Waals surface area contributed by atoms with E-state index in [4.69, 9.17) is 4.98 Å². The molecule has 1 amide bonds. The van der Waals surface area contributed by atoms with Crippen LogP contribution >= 0.6 is 27.3 Å². The van der Waals surface area contributed by atoms with Gasteiger partial charge in [-0.25, -0.2) is 9.97 Å². The van der Waals surface area contributed by atoms with Crippen LogP contribution in [0, 0.1) is 5.41 Å². The van der Waals surface area contributed by atoms with Crippen molar-refractivity contribution in [3.8, 4) is 10.6 Å². The van der Waals surface area contributed by atoms with Crippen LogP contribution in [0.1, 0.15) is 49.4 Å². The van der Waals surface area contributed by atoms with Crippen molar-refractivity contribution in [1.29, 1.82) is 0 Å². The fourth-order valence-corrected chi connectivity index (χ4v) is 6.00. The summed E-state index contributed by atoms with van der Waals surface area (Å²) in [5, 5.41) is 7.52. The van der Waals surface area contributed by atoms with E-state index < -0.39 is 0 Å². The Hall–Kier alpha value is -2.03. The summed E-state index contributed by atoms with van der Waals surface area (Å²) in [5.74, 6) is 0.660. The number of nitrogens with one attached hydrogen (secondary N) is 2. The topological polar surface area (TPSA) is 70.2 Å². The van der Waals surface area contributed by atoms with Gasteiger partial charge in [-0.3, -0.25) is 4.79 Å². The van der Waals surface area contributed by atoms with E-state index in [1.54, 1.807) is 11.3 Å². The highest BCUT2D eigenvalue weighted by atomic mass is 79.9. The van der Waals surface area contributed by atoms with Gasteiger partial charge in [-0.2, -0.15) is 0 Å². The Morgan fingerprint density at radius 3 is 2.85 bits per heavy atom. The van der Waals surface area contributed by atoms with E-state index in [2.05, 4.69) is 62.6 Å². The van der Waals surface area contributed by atoms with Gasteiger partial charge in [0.2, 0.25) is 5.95 Å². The number of carbonyl (C=O) groups excluding carboxylic acids is 1. The SMILES string of the molecule is CN1CCC(C)(CCNc2ncc(Br)c(-c3cc4c(C(=O)NC5CC5)cccc4s3)n2)CC1. The van der Waals surface area contributed by atoms with Gasteiger partial charge in [0.25, 0.3) is 5.91 Å². The highest BCUT2D eigenvalue weighted by Gasteiger charge is 2.28. The Labute approximate surface area is 207 Å². The molecule has 1 aliphatic carbocycles. The van der Waals surface area contributed by atoms with Crippen molar-refractivity contribution >= 4 is 49.2 Å². The third-order valence-electron chi connectivity index (χ3n) is 6.90. The number of fused-ring (bicyclic) bond motifs is 1. The maximum Gasteiger partial charge on any atom is 0.252 e. The second-order valence-electron chi connectivity index (χ2n) is 9.76. The van der Waals surface area contributed by atoms with Gasteiger partial charge in [0.15, 0.2) is 0 Å². The monoisotopic (exact) mass is 527 g/mol. The summed E-state index contributed by atoms with van der Waals surface area (Å²) in [4.78, 5) is 25.5. The number of likely N-dealkylation sites (tertiary alicyclic amines) is 1. The third kappa shape index (κ3) is 5.23. The minimum Gasteiger partial charge on any atom is -0.354 e. The zero-order valence-electron chi connectivity index (χ0n) is 19.2. The molecule has 1 aromatic carbocycles. The molecule has 1 saturated heterocycles. The second-order valence-corrected chi connectivity index (χ2v) is 11.7. The Morgan fingerprint density at radius 2 is 2.09 bits per heavy atom. The van der Waals surface area contributed by atoms with Gasteiger partial charge in [0.05, 0.1) is 9.35 Å². The highest BCUT2D eigenvalue weighted by Crippen LogP contribution is 2.38. The van der Waals surface area contributed by atoms with Crippen LogP contribution in [0.3, 0.4) is 0 Å². The Kier molecular flexibility index (Phi) is 6.42. The van der Waals surface area contributed by atoms with Crippen molar-refractivity contribution in [3.63, 3.8) is 0 Å². The van der Waals surface area contributed by atoms with Gasteiger partial charge in [-0.15, -0.1) is 11.3 Å². The van der Waals surface area contributed by atoms with Crippen LogP contribution in [0.15, 0.2) is 34.9 Å². The summed E-state index contributed by atoms with van der Waals surface area (Å²) in [7, 11) is 2.20.